The van der Waals surface area contributed by atoms with Gasteiger partial charge in [0.15, 0.2) is 0 Å². The molecule has 0 heteroatoms. The molecule has 0 aromatic rings. The molecule has 0 N–H and O–H groups in total. The fourth-order valence-electron chi connectivity index (χ4n) is 1.67. The SMILES string of the molecule is CC(C)/C=C\CC[C@@H](C)CC(C)C. The normalized spacial score (nSPS) is 14.7. The molecule has 0 saturated carbocycles. The molecule has 0 fully saturated rings. The Kier molecular flexibility index (Phi) is 7.03. The molecular weight excluding hydrogens is 156 g/mol. The van der Waals surface area contributed by atoms with E-state index in [1.54, 1.807) is 0 Å². The molecule has 0 aliphatic heterocycles. The summed E-state index contributed by atoms with van der Waals surface area (Å²) >= 11 is 0. The van der Waals surface area contributed by atoms with Gasteiger partial charge in [-0.1, -0.05) is 46.8 Å². The van der Waals surface area contributed by atoms with Gasteiger partial charge in [-0.15, -0.1) is 0 Å². The predicted octanol–water partition coefficient (Wildman–Crippen LogP) is 4.66. The van der Waals surface area contributed by atoms with Crippen molar-refractivity contribution in [3.8, 4) is 0 Å². The van der Waals surface area contributed by atoms with Crippen LogP contribution in [0.1, 0.15) is 53.9 Å². The van der Waals surface area contributed by atoms with Crippen LogP contribution in [0.5, 0.6) is 0 Å². The van der Waals surface area contributed by atoms with Gasteiger partial charge in [-0.2, -0.15) is 0 Å². The highest BCUT2D eigenvalue weighted by molar-refractivity contribution is 4.84. The molecule has 0 bridgehead atoms. The number of hydrogen-bond acceptors (Lipinski definition) is 0. The van der Waals surface area contributed by atoms with Crippen LogP contribution in [0.25, 0.3) is 0 Å². The zero-order chi connectivity index (χ0) is 10.3. The van der Waals surface area contributed by atoms with E-state index in [1.165, 1.54) is 19.3 Å². The summed E-state index contributed by atoms with van der Waals surface area (Å²) in [4.78, 5) is 0. The third-order valence-corrected chi connectivity index (χ3v) is 2.22. The lowest BCUT2D eigenvalue weighted by Crippen LogP contribution is -1.99. The molecule has 0 aliphatic carbocycles. The first kappa shape index (κ1) is 12.7. The van der Waals surface area contributed by atoms with Crippen molar-refractivity contribution < 1.29 is 0 Å². The van der Waals surface area contributed by atoms with E-state index in [-0.39, 0.29) is 0 Å². The predicted molar refractivity (Wildman–Crippen MR) is 61.8 cm³/mol. The largest absolute Gasteiger partial charge is 0.0883 e. The number of rotatable bonds is 6. The first-order chi connectivity index (χ1) is 6.02. The molecule has 1 atom stereocenters. The van der Waals surface area contributed by atoms with Crippen molar-refractivity contribution in [2.45, 2.75) is 53.9 Å². The van der Waals surface area contributed by atoms with E-state index in [2.05, 4.69) is 46.8 Å². The van der Waals surface area contributed by atoms with E-state index in [1.807, 2.05) is 0 Å². The molecule has 0 aliphatic rings. The van der Waals surface area contributed by atoms with Crippen molar-refractivity contribution in [3.63, 3.8) is 0 Å². The van der Waals surface area contributed by atoms with Crippen molar-refractivity contribution in [2.24, 2.45) is 17.8 Å². The van der Waals surface area contributed by atoms with Crippen LogP contribution in [0.3, 0.4) is 0 Å². The Balaban J connectivity index is 3.42. The van der Waals surface area contributed by atoms with Gasteiger partial charge in [-0.05, 0) is 37.0 Å². The van der Waals surface area contributed by atoms with Gasteiger partial charge in [0, 0.05) is 0 Å². The van der Waals surface area contributed by atoms with Gasteiger partial charge in [0.1, 0.15) is 0 Å². The summed E-state index contributed by atoms with van der Waals surface area (Å²) in [6.07, 6.45) is 8.62. The maximum absolute atomic E-state index is 2.36. The highest BCUT2D eigenvalue weighted by atomic mass is 14.1. The van der Waals surface area contributed by atoms with Crippen molar-refractivity contribution in [2.75, 3.05) is 0 Å². The Morgan fingerprint density at radius 2 is 1.62 bits per heavy atom. The summed E-state index contributed by atoms with van der Waals surface area (Å²) in [6.45, 7) is 11.4. The molecule has 0 rings (SSSR count). The molecule has 0 amide bonds. The molecule has 13 heavy (non-hydrogen) atoms. The van der Waals surface area contributed by atoms with Crippen LogP contribution in [0.15, 0.2) is 12.2 Å². The summed E-state index contributed by atoms with van der Waals surface area (Å²) in [7, 11) is 0. The lowest BCUT2D eigenvalue weighted by molar-refractivity contribution is 0.417. The van der Waals surface area contributed by atoms with Crippen LogP contribution >= 0.6 is 0 Å². The molecule has 0 heterocycles. The summed E-state index contributed by atoms with van der Waals surface area (Å²) in [5.74, 6) is 2.45. The van der Waals surface area contributed by atoms with Gasteiger partial charge in [-0.25, -0.2) is 0 Å². The fraction of sp³-hybridized carbons (Fsp3) is 0.846. The van der Waals surface area contributed by atoms with Crippen LogP contribution in [0.4, 0.5) is 0 Å². The summed E-state index contributed by atoms with van der Waals surface area (Å²) in [6, 6.07) is 0. The summed E-state index contributed by atoms with van der Waals surface area (Å²) in [5.41, 5.74) is 0. The number of allylic oxidation sites excluding steroid dienone is 2. The number of hydrogen-bond donors (Lipinski definition) is 0. The van der Waals surface area contributed by atoms with Gasteiger partial charge >= 0.3 is 0 Å². The Morgan fingerprint density at radius 3 is 2.08 bits per heavy atom. The Labute approximate surface area is 84.4 Å². The second-order valence-electron chi connectivity index (χ2n) is 4.98. The second kappa shape index (κ2) is 7.17. The van der Waals surface area contributed by atoms with Gasteiger partial charge in [-0.3, -0.25) is 0 Å². The first-order valence-corrected chi connectivity index (χ1v) is 5.69. The summed E-state index contributed by atoms with van der Waals surface area (Å²) < 4.78 is 0. The van der Waals surface area contributed by atoms with E-state index < -0.39 is 0 Å². The smallest absolute Gasteiger partial charge is 0.0290 e. The van der Waals surface area contributed by atoms with E-state index in [0.717, 1.165) is 11.8 Å². The molecule has 0 radical (unpaired) electrons. The van der Waals surface area contributed by atoms with Crippen molar-refractivity contribution >= 4 is 0 Å². The van der Waals surface area contributed by atoms with Crippen LogP contribution < -0.4 is 0 Å². The summed E-state index contributed by atoms with van der Waals surface area (Å²) in [5, 5.41) is 0. The van der Waals surface area contributed by atoms with E-state index >= 15 is 0 Å². The molecular formula is C13H26. The minimum Gasteiger partial charge on any atom is -0.0883 e. The standard InChI is InChI=1S/C13H26/c1-11(2)8-6-7-9-13(5)10-12(3)4/h6,8,11-13H,7,9-10H2,1-5H3/b8-6-/t13-/m1/s1. The van der Waals surface area contributed by atoms with E-state index in [9.17, 15) is 0 Å². The minimum atomic E-state index is 0.709. The van der Waals surface area contributed by atoms with Crippen molar-refractivity contribution in [1.29, 1.82) is 0 Å². The zero-order valence-electron chi connectivity index (χ0n) is 10.0. The molecule has 78 valence electrons. The molecule has 0 aromatic heterocycles. The quantitative estimate of drug-likeness (QED) is 0.524. The molecule has 0 saturated heterocycles. The second-order valence-corrected chi connectivity index (χ2v) is 4.98. The minimum absolute atomic E-state index is 0.709. The van der Waals surface area contributed by atoms with Crippen molar-refractivity contribution in [1.82, 2.24) is 0 Å². The molecule has 0 aromatic carbocycles. The van der Waals surface area contributed by atoms with Gasteiger partial charge < -0.3 is 0 Å². The maximum Gasteiger partial charge on any atom is -0.0290 e. The van der Waals surface area contributed by atoms with Crippen LogP contribution in [-0.2, 0) is 0 Å². The average Bonchev–Trinajstić information content (AvgIpc) is 1.96. The van der Waals surface area contributed by atoms with E-state index in [0.29, 0.717) is 5.92 Å². The molecule has 0 nitrogen and oxygen atoms in total. The first-order valence-electron chi connectivity index (χ1n) is 5.69. The monoisotopic (exact) mass is 182 g/mol. The third-order valence-electron chi connectivity index (χ3n) is 2.22. The zero-order valence-corrected chi connectivity index (χ0v) is 10.0. The van der Waals surface area contributed by atoms with E-state index in [4.69, 9.17) is 0 Å². The third kappa shape index (κ3) is 9.66. The van der Waals surface area contributed by atoms with Crippen molar-refractivity contribution in [3.05, 3.63) is 12.2 Å². The Bertz CT molecular complexity index is 131. The average molecular weight is 182 g/mol. The molecule has 0 spiro atoms. The highest BCUT2D eigenvalue weighted by Gasteiger charge is 2.03. The van der Waals surface area contributed by atoms with Gasteiger partial charge in [0.25, 0.3) is 0 Å². The topological polar surface area (TPSA) is 0 Å². The van der Waals surface area contributed by atoms with Crippen LogP contribution in [0, 0.1) is 17.8 Å². The molecule has 0 unspecified atom stereocenters. The van der Waals surface area contributed by atoms with Crippen LogP contribution in [-0.4, -0.2) is 0 Å². The van der Waals surface area contributed by atoms with Gasteiger partial charge in [0.05, 0.1) is 0 Å². The van der Waals surface area contributed by atoms with Crippen LogP contribution in [0.2, 0.25) is 0 Å². The fourth-order valence-corrected chi connectivity index (χ4v) is 1.67. The maximum atomic E-state index is 2.36. The Morgan fingerprint density at radius 1 is 1.00 bits per heavy atom. The lowest BCUT2D eigenvalue weighted by Gasteiger charge is -2.12. The highest BCUT2D eigenvalue weighted by Crippen LogP contribution is 2.16. The Hall–Kier alpha value is -0.260. The lowest BCUT2D eigenvalue weighted by atomic mass is 9.94. The van der Waals surface area contributed by atoms with Gasteiger partial charge in [0.2, 0.25) is 0 Å².